The number of nitro groups is 1. The number of nitrogens with two attached hydrogens (primary N) is 1. The summed E-state index contributed by atoms with van der Waals surface area (Å²) < 4.78 is 10.2. The molecule has 1 aromatic rings. The number of methoxy groups -OCH3 is 1. The van der Waals surface area contributed by atoms with Crippen molar-refractivity contribution in [3.8, 4) is 11.5 Å². The van der Waals surface area contributed by atoms with E-state index in [1.807, 2.05) is 0 Å². The molecule has 0 bridgehead atoms. The van der Waals surface area contributed by atoms with E-state index in [0.717, 1.165) is 0 Å². The summed E-state index contributed by atoms with van der Waals surface area (Å²) in [6.07, 6.45) is 1.34. The molecule has 130 valence electrons. The number of carbonyl (C=O) groups excluding carboxylic acids is 2. The molecule has 2 amide bonds. The lowest BCUT2D eigenvalue weighted by molar-refractivity contribution is -0.385. The summed E-state index contributed by atoms with van der Waals surface area (Å²) in [5, 5.41) is 11.1. The lowest BCUT2D eigenvalue weighted by Gasteiger charge is -2.31. The summed E-state index contributed by atoms with van der Waals surface area (Å²) in [5.41, 5.74) is 5.00. The number of piperidine rings is 1. The van der Waals surface area contributed by atoms with Crippen LogP contribution in [0.3, 0.4) is 0 Å². The Hall–Kier alpha value is -2.84. The Bertz CT molecular complexity index is 648. The second-order valence-electron chi connectivity index (χ2n) is 5.46. The van der Waals surface area contributed by atoms with Crippen LogP contribution in [0.5, 0.6) is 11.5 Å². The summed E-state index contributed by atoms with van der Waals surface area (Å²) in [5.74, 6) is -0.832. The van der Waals surface area contributed by atoms with Crippen molar-refractivity contribution in [2.75, 3.05) is 26.8 Å². The van der Waals surface area contributed by atoms with Crippen molar-refractivity contribution in [3.05, 3.63) is 28.3 Å². The van der Waals surface area contributed by atoms with Gasteiger partial charge in [0, 0.05) is 13.1 Å². The van der Waals surface area contributed by atoms with Gasteiger partial charge in [-0.25, -0.2) is 0 Å². The molecule has 0 saturated carbocycles. The molecule has 24 heavy (non-hydrogen) atoms. The zero-order chi connectivity index (χ0) is 17.7. The van der Waals surface area contributed by atoms with Gasteiger partial charge >= 0.3 is 5.69 Å². The highest BCUT2D eigenvalue weighted by Gasteiger charge is 2.27. The lowest BCUT2D eigenvalue weighted by atomic mass is 9.97. The summed E-state index contributed by atoms with van der Waals surface area (Å²) in [6, 6.07) is 4.12. The van der Waals surface area contributed by atoms with Gasteiger partial charge in [0.2, 0.25) is 5.91 Å². The molecule has 0 spiro atoms. The van der Waals surface area contributed by atoms with Crippen molar-refractivity contribution in [1.82, 2.24) is 4.90 Å². The van der Waals surface area contributed by atoms with E-state index in [9.17, 15) is 19.7 Å². The molecule has 1 fully saturated rings. The zero-order valence-electron chi connectivity index (χ0n) is 13.3. The topological polar surface area (TPSA) is 125 Å². The second kappa shape index (κ2) is 7.62. The molecule has 0 unspecified atom stereocenters. The molecule has 2 N–H and O–H groups in total. The third-order valence-electron chi connectivity index (χ3n) is 3.89. The van der Waals surface area contributed by atoms with Crippen molar-refractivity contribution in [3.63, 3.8) is 0 Å². The minimum atomic E-state index is -0.605. The number of benzene rings is 1. The molecule has 0 aromatic heterocycles. The second-order valence-corrected chi connectivity index (χ2v) is 5.46. The van der Waals surface area contributed by atoms with E-state index in [0.29, 0.717) is 25.1 Å². The maximum atomic E-state index is 12.2. The Kier molecular flexibility index (Phi) is 5.56. The molecule has 1 heterocycles. The van der Waals surface area contributed by atoms with Crippen LogP contribution >= 0.6 is 0 Å². The van der Waals surface area contributed by atoms with Gasteiger partial charge in [0.05, 0.1) is 24.0 Å². The van der Waals surface area contributed by atoms with Gasteiger partial charge in [-0.1, -0.05) is 0 Å². The Morgan fingerprint density at radius 3 is 2.83 bits per heavy atom. The fourth-order valence-corrected chi connectivity index (χ4v) is 2.56. The molecular formula is C15H19N3O6. The Balaban J connectivity index is 2.01. The number of amides is 2. The van der Waals surface area contributed by atoms with Crippen molar-refractivity contribution in [2.24, 2.45) is 11.7 Å². The summed E-state index contributed by atoms with van der Waals surface area (Å²) in [6.45, 7) is 0.414. The third kappa shape index (κ3) is 4.12. The van der Waals surface area contributed by atoms with Crippen LogP contribution in [0.25, 0.3) is 0 Å². The van der Waals surface area contributed by atoms with E-state index in [2.05, 4.69) is 0 Å². The van der Waals surface area contributed by atoms with E-state index in [1.54, 1.807) is 0 Å². The first-order chi connectivity index (χ1) is 11.4. The first-order valence-corrected chi connectivity index (χ1v) is 7.44. The number of nitrogens with zero attached hydrogens (tertiary/aromatic N) is 2. The van der Waals surface area contributed by atoms with Crippen LogP contribution in [0.2, 0.25) is 0 Å². The van der Waals surface area contributed by atoms with Gasteiger partial charge in [0.15, 0.2) is 12.4 Å². The summed E-state index contributed by atoms with van der Waals surface area (Å²) >= 11 is 0. The first kappa shape index (κ1) is 17.5. The highest BCUT2D eigenvalue weighted by atomic mass is 16.6. The van der Waals surface area contributed by atoms with Crippen LogP contribution in [0.15, 0.2) is 18.2 Å². The maximum absolute atomic E-state index is 12.2. The fraction of sp³-hybridized carbons (Fsp3) is 0.467. The predicted octanol–water partition coefficient (Wildman–Crippen LogP) is 0.706. The van der Waals surface area contributed by atoms with E-state index < -0.39 is 10.8 Å². The molecule has 9 nitrogen and oxygen atoms in total. The molecule has 1 aliphatic heterocycles. The minimum absolute atomic E-state index is 0.0161. The molecule has 0 radical (unpaired) electrons. The number of primary amides is 1. The van der Waals surface area contributed by atoms with Gasteiger partial charge in [0.1, 0.15) is 5.75 Å². The highest BCUT2D eigenvalue weighted by molar-refractivity contribution is 5.81. The van der Waals surface area contributed by atoms with Gasteiger partial charge in [0.25, 0.3) is 5.91 Å². The van der Waals surface area contributed by atoms with Crippen LogP contribution in [-0.2, 0) is 9.59 Å². The molecule has 1 aliphatic rings. The number of carbonyl (C=O) groups is 2. The van der Waals surface area contributed by atoms with Gasteiger partial charge in [-0.2, -0.15) is 0 Å². The van der Waals surface area contributed by atoms with Gasteiger partial charge in [-0.3, -0.25) is 19.7 Å². The zero-order valence-corrected chi connectivity index (χ0v) is 13.3. The van der Waals surface area contributed by atoms with Crippen molar-refractivity contribution in [1.29, 1.82) is 0 Å². The van der Waals surface area contributed by atoms with Crippen LogP contribution < -0.4 is 15.2 Å². The normalized spacial score (nSPS) is 17.2. The largest absolute Gasteiger partial charge is 0.496 e. The van der Waals surface area contributed by atoms with Crippen LogP contribution in [0, 0.1) is 16.0 Å². The summed E-state index contributed by atoms with van der Waals surface area (Å²) in [4.78, 5) is 35.4. The Labute approximate surface area is 138 Å². The molecule has 9 heteroatoms. The number of likely N-dealkylation sites (tertiary alicyclic amines) is 1. The standard InChI is InChI=1S/C15H19N3O6/c1-23-11-4-5-13(12(7-11)18(21)22)24-9-14(19)17-6-2-3-10(8-17)15(16)20/h4-5,7,10H,2-3,6,8-9H2,1H3,(H2,16,20)/t10-/m0/s1. The third-order valence-corrected chi connectivity index (χ3v) is 3.89. The SMILES string of the molecule is COc1ccc(OCC(=O)N2CCC[C@H](C(N)=O)C2)c([N+](=O)[O-])c1. The first-order valence-electron chi connectivity index (χ1n) is 7.44. The molecule has 1 saturated heterocycles. The molecular weight excluding hydrogens is 318 g/mol. The lowest BCUT2D eigenvalue weighted by Crippen LogP contribution is -2.45. The van der Waals surface area contributed by atoms with Crippen molar-refractivity contribution < 1.29 is 24.0 Å². The highest BCUT2D eigenvalue weighted by Crippen LogP contribution is 2.31. The molecule has 2 rings (SSSR count). The van der Waals surface area contributed by atoms with Gasteiger partial charge in [-0.05, 0) is 25.0 Å². The number of ether oxygens (including phenoxy) is 2. The smallest absolute Gasteiger partial charge is 0.314 e. The number of hydrogen-bond acceptors (Lipinski definition) is 6. The molecule has 1 aromatic carbocycles. The van der Waals surface area contributed by atoms with E-state index in [4.69, 9.17) is 15.2 Å². The molecule has 1 atom stereocenters. The average Bonchev–Trinajstić information content (AvgIpc) is 2.59. The van der Waals surface area contributed by atoms with Crippen molar-refractivity contribution in [2.45, 2.75) is 12.8 Å². The predicted molar refractivity (Wildman–Crippen MR) is 83.6 cm³/mol. The van der Waals surface area contributed by atoms with Gasteiger partial charge < -0.3 is 20.1 Å². The average molecular weight is 337 g/mol. The van der Waals surface area contributed by atoms with Crippen LogP contribution in [-0.4, -0.2) is 48.4 Å². The number of nitro benzene ring substituents is 1. The Morgan fingerprint density at radius 2 is 2.21 bits per heavy atom. The monoisotopic (exact) mass is 337 g/mol. The quantitative estimate of drug-likeness (QED) is 0.602. The maximum Gasteiger partial charge on any atom is 0.314 e. The fourth-order valence-electron chi connectivity index (χ4n) is 2.56. The number of hydrogen-bond donors (Lipinski definition) is 1. The van der Waals surface area contributed by atoms with E-state index >= 15 is 0 Å². The minimum Gasteiger partial charge on any atom is -0.496 e. The summed E-state index contributed by atoms with van der Waals surface area (Å²) in [7, 11) is 1.40. The van der Waals surface area contributed by atoms with Crippen molar-refractivity contribution >= 4 is 17.5 Å². The number of rotatable bonds is 6. The molecule has 0 aliphatic carbocycles. The van der Waals surface area contributed by atoms with Crippen LogP contribution in [0.4, 0.5) is 5.69 Å². The van der Waals surface area contributed by atoms with Gasteiger partial charge in [-0.15, -0.1) is 0 Å². The van der Waals surface area contributed by atoms with E-state index in [-0.39, 0.29) is 36.4 Å². The van der Waals surface area contributed by atoms with Crippen LogP contribution in [0.1, 0.15) is 12.8 Å². The Morgan fingerprint density at radius 1 is 1.46 bits per heavy atom. The van der Waals surface area contributed by atoms with E-state index in [1.165, 1.54) is 30.2 Å².